The van der Waals surface area contributed by atoms with E-state index in [0.717, 1.165) is 25.2 Å². The van der Waals surface area contributed by atoms with Gasteiger partial charge in [0.2, 0.25) is 0 Å². The molecule has 0 radical (unpaired) electrons. The van der Waals surface area contributed by atoms with Gasteiger partial charge in [0, 0.05) is 26.2 Å². The molecule has 2 rings (SSSR count). The third-order valence-electron chi connectivity index (χ3n) is 4.42. The molecule has 1 fully saturated rings. The molecule has 5 nitrogen and oxygen atoms in total. The Morgan fingerprint density at radius 2 is 2.00 bits per heavy atom. The number of likely N-dealkylation sites (N-methyl/N-ethyl adjacent to an activating group) is 1. The fourth-order valence-electron chi connectivity index (χ4n) is 3.03. The molecule has 1 aliphatic rings. The Bertz CT molecular complexity index is 575. The molecule has 0 aromatic heterocycles. The normalized spacial score (nSPS) is 18.8. The minimum Gasteiger partial charge on any atom is -0.484 e. The lowest BCUT2D eigenvalue weighted by molar-refractivity contribution is -0.153. The van der Waals surface area contributed by atoms with Crippen molar-refractivity contribution in [3.8, 4) is 5.75 Å². The summed E-state index contributed by atoms with van der Waals surface area (Å²) < 4.78 is 41.1. The van der Waals surface area contributed by atoms with Crippen LogP contribution in [0.5, 0.6) is 5.75 Å². The van der Waals surface area contributed by atoms with Crippen LogP contribution in [0.1, 0.15) is 25.3 Å². The van der Waals surface area contributed by atoms with E-state index in [9.17, 15) is 13.2 Å². The molecule has 0 saturated carbocycles. The number of hydrogen-bond donors (Lipinski definition) is 2. The van der Waals surface area contributed by atoms with Crippen molar-refractivity contribution in [1.82, 2.24) is 15.5 Å². The minimum atomic E-state index is -4.33. The highest BCUT2D eigenvalue weighted by Gasteiger charge is 2.28. The minimum absolute atomic E-state index is 0.203. The predicted octanol–water partition coefficient (Wildman–Crippen LogP) is 2.78. The lowest BCUT2D eigenvalue weighted by Gasteiger charge is -2.24. The molecule has 1 atom stereocenters. The number of nitrogens with zero attached hydrogens (tertiary/aromatic N) is 2. The van der Waals surface area contributed by atoms with E-state index in [1.54, 1.807) is 19.2 Å². The van der Waals surface area contributed by atoms with Gasteiger partial charge in [-0.2, -0.15) is 13.2 Å². The molecule has 0 aliphatic carbocycles. The van der Waals surface area contributed by atoms with Crippen molar-refractivity contribution >= 4 is 5.96 Å². The Balaban J connectivity index is 1.75. The maximum Gasteiger partial charge on any atom is 0.422 e. The third-order valence-corrected chi connectivity index (χ3v) is 4.42. The highest BCUT2D eigenvalue weighted by molar-refractivity contribution is 5.79. The van der Waals surface area contributed by atoms with Crippen LogP contribution in [0.2, 0.25) is 0 Å². The monoisotopic (exact) mass is 372 g/mol. The van der Waals surface area contributed by atoms with Gasteiger partial charge >= 0.3 is 6.18 Å². The molecule has 1 aromatic carbocycles. The summed E-state index contributed by atoms with van der Waals surface area (Å²) in [7, 11) is 1.72. The zero-order chi connectivity index (χ0) is 19.0. The number of nitrogens with one attached hydrogen (secondary N) is 2. The standard InChI is InChI=1S/C18H27F3N4O/c1-3-25-10-4-5-15(25)12-24-17(22-2)23-11-14-6-8-16(9-7-14)26-13-18(19,20)21/h6-9,15H,3-5,10-13H2,1-2H3,(H2,22,23,24). The number of guanidine groups is 1. The summed E-state index contributed by atoms with van der Waals surface area (Å²) in [6.07, 6.45) is -1.91. The largest absolute Gasteiger partial charge is 0.484 e. The summed E-state index contributed by atoms with van der Waals surface area (Å²) in [5.74, 6) is 0.917. The van der Waals surface area contributed by atoms with Crippen LogP contribution in [-0.4, -0.2) is 56.4 Å². The molecule has 2 N–H and O–H groups in total. The number of alkyl halides is 3. The number of ether oxygens (including phenoxy) is 1. The summed E-state index contributed by atoms with van der Waals surface area (Å²) in [5, 5.41) is 6.56. The topological polar surface area (TPSA) is 48.9 Å². The fraction of sp³-hybridized carbons (Fsp3) is 0.611. The number of likely N-dealkylation sites (tertiary alicyclic amines) is 1. The maximum absolute atomic E-state index is 12.1. The van der Waals surface area contributed by atoms with Crippen molar-refractivity contribution in [3.63, 3.8) is 0 Å². The van der Waals surface area contributed by atoms with Crippen molar-refractivity contribution in [2.45, 2.75) is 38.5 Å². The molecule has 146 valence electrons. The van der Waals surface area contributed by atoms with Gasteiger partial charge < -0.3 is 15.4 Å². The highest BCUT2D eigenvalue weighted by atomic mass is 19.4. The lowest BCUT2D eigenvalue weighted by Crippen LogP contribution is -2.44. The Labute approximate surface area is 152 Å². The molecular weight excluding hydrogens is 345 g/mol. The van der Waals surface area contributed by atoms with Crippen molar-refractivity contribution < 1.29 is 17.9 Å². The molecule has 1 saturated heterocycles. The number of aliphatic imine (C=N–C) groups is 1. The van der Waals surface area contributed by atoms with Crippen LogP contribution >= 0.6 is 0 Å². The molecule has 1 heterocycles. The van der Waals surface area contributed by atoms with Crippen LogP contribution in [0.4, 0.5) is 13.2 Å². The molecule has 0 spiro atoms. The van der Waals surface area contributed by atoms with E-state index in [1.807, 2.05) is 0 Å². The Morgan fingerprint density at radius 3 is 2.62 bits per heavy atom. The second kappa shape index (κ2) is 9.66. The number of benzene rings is 1. The average molecular weight is 372 g/mol. The Kier molecular flexibility index (Phi) is 7.56. The first-order valence-corrected chi connectivity index (χ1v) is 8.88. The van der Waals surface area contributed by atoms with E-state index in [4.69, 9.17) is 4.74 Å². The fourth-order valence-corrected chi connectivity index (χ4v) is 3.03. The molecule has 0 amide bonds. The van der Waals surface area contributed by atoms with E-state index in [1.165, 1.54) is 25.0 Å². The van der Waals surface area contributed by atoms with Crippen LogP contribution < -0.4 is 15.4 Å². The van der Waals surface area contributed by atoms with Crippen molar-refractivity contribution in [1.29, 1.82) is 0 Å². The quantitative estimate of drug-likeness (QED) is 0.571. The van der Waals surface area contributed by atoms with Crippen molar-refractivity contribution in [3.05, 3.63) is 29.8 Å². The second-order valence-corrected chi connectivity index (χ2v) is 6.28. The van der Waals surface area contributed by atoms with Gasteiger partial charge in [-0.3, -0.25) is 9.89 Å². The molecule has 1 unspecified atom stereocenters. The molecular formula is C18H27F3N4O. The number of halogens is 3. The van der Waals surface area contributed by atoms with Gasteiger partial charge in [-0.1, -0.05) is 19.1 Å². The highest BCUT2D eigenvalue weighted by Crippen LogP contribution is 2.19. The Hall–Kier alpha value is -1.96. The van der Waals surface area contributed by atoms with Crippen LogP contribution in [0.15, 0.2) is 29.3 Å². The van der Waals surface area contributed by atoms with E-state index in [-0.39, 0.29) is 5.75 Å². The smallest absolute Gasteiger partial charge is 0.422 e. The van der Waals surface area contributed by atoms with Crippen LogP contribution in [-0.2, 0) is 6.54 Å². The second-order valence-electron chi connectivity index (χ2n) is 6.28. The van der Waals surface area contributed by atoms with Gasteiger partial charge in [0.05, 0.1) is 0 Å². The summed E-state index contributed by atoms with van der Waals surface area (Å²) >= 11 is 0. The summed E-state index contributed by atoms with van der Waals surface area (Å²) in [5.41, 5.74) is 0.934. The van der Waals surface area contributed by atoms with E-state index in [2.05, 4.69) is 27.4 Å². The van der Waals surface area contributed by atoms with Crippen LogP contribution in [0.25, 0.3) is 0 Å². The first-order chi connectivity index (χ1) is 12.4. The van der Waals surface area contributed by atoms with Crippen LogP contribution in [0.3, 0.4) is 0 Å². The lowest BCUT2D eigenvalue weighted by atomic mass is 10.2. The molecule has 8 heteroatoms. The summed E-state index contributed by atoms with van der Waals surface area (Å²) in [4.78, 5) is 6.67. The number of hydrogen-bond acceptors (Lipinski definition) is 3. The Morgan fingerprint density at radius 1 is 1.27 bits per heavy atom. The average Bonchev–Trinajstić information content (AvgIpc) is 3.08. The zero-order valence-electron chi connectivity index (χ0n) is 15.3. The predicted molar refractivity (Wildman–Crippen MR) is 96.5 cm³/mol. The summed E-state index contributed by atoms with van der Waals surface area (Å²) in [6, 6.07) is 7.08. The summed E-state index contributed by atoms with van der Waals surface area (Å²) in [6.45, 7) is 4.47. The van der Waals surface area contributed by atoms with E-state index >= 15 is 0 Å². The maximum atomic E-state index is 12.1. The van der Waals surface area contributed by atoms with Gasteiger partial charge in [0.25, 0.3) is 0 Å². The van der Waals surface area contributed by atoms with E-state index < -0.39 is 12.8 Å². The van der Waals surface area contributed by atoms with Gasteiger partial charge in [-0.25, -0.2) is 0 Å². The van der Waals surface area contributed by atoms with Gasteiger partial charge in [-0.15, -0.1) is 0 Å². The first kappa shape index (κ1) is 20.4. The zero-order valence-corrected chi connectivity index (χ0v) is 15.3. The molecule has 0 bridgehead atoms. The molecule has 1 aliphatic heterocycles. The SMILES string of the molecule is CCN1CCCC1CNC(=NC)NCc1ccc(OCC(F)(F)F)cc1. The van der Waals surface area contributed by atoms with Gasteiger partial charge in [-0.05, 0) is 43.6 Å². The van der Waals surface area contributed by atoms with Gasteiger partial charge in [0.1, 0.15) is 5.75 Å². The third kappa shape index (κ3) is 6.74. The van der Waals surface area contributed by atoms with Gasteiger partial charge in [0.15, 0.2) is 12.6 Å². The van der Waals surface area contributed by atoms with Crippen molar-refractivity contribution in [2.24, 2.45) is 4.99 Å². The molecule has 26 heavy (non-hydrogen) atoms. The first-order valence-electron chi connectivity index (χ1n) is 8.88. The number of rotatable bonds is 7. The van der Waals surface area contributed by atoms with Crippen molar-refractivity contribution in [2.75, 3.05) is 33.3 Å². The van der Waals surface area contributed by atoms with Crippen LogP contribution in [0, 0.1) is 0 Å². The molecule has 1 aromatic rings. The van der Waals surface area contributed by atoms with E-state index in [0.29, 0.717) is 18.5 Å².